The molecule has 17 heavy (non-hydrogen) atoms. The van der Waals surface area contributed by atoms with Crippen LogP contribution in [0.3, 0.4) is 0 Å². The summed E-state index contributed by atoms with van der Waals surface area (Å²) in [6, 6.07) is -1.53. The molecule has 2 fully saturated rings. The number of carbonyl (C=O) groups excluding carboxylic acids is 3. The summed E-state index contributed by atoms with van der Waals surface area (Å²) in [5.74, 6) is -0.496. The first kappa shape index (κ1) is 11.5. The van der Waals surface area contributed by atoms with Crippen molar-refractivity contribution in [3.8, 4) is 0 Å². The Morgan fingerprint density at radius 2 is 2.12 bits per heavy atom. The van der Waals surface area contributed by atoms with E-state index in [1.54, 1.807) is 13.8 Å². The molecular weight excluding hydrogens is 228 g/mol. The molecule has 8 nitrogen and oxygen atoms in total. The van der Waals surface area contributed by atoms with E-state index in [0.717, 1.165) is 0 Å². The fourth-order valence-corrected chi connectivity index (χ4v) is 1.95. The van der Waals surface area contributed by atoms with Crippen molar-refractivity contribution in [2.75, 3.05) is 6.61 Å². The maximum Gasteiger partial charge on any atom is 0.328 e. The molecule has 0 radical (unpaired) electrons. The number of hydrogen-bond acceptors (Lipinski definition) is 4. The van der Waals surface area contributed by atoms with E-state index in [-0.39, 0.29) is 12.6 Å². The molecule has 2 heterocycles. The molecule has 3 atom stereocenters. The van der Waals surface area contributed by atoms with Gasteiger partial charge in [-0.1, -0.05) is 0 Å². The first-order valence-electron chi connectivity index (χ1n) is 5.37. The van der Waals surface area contributed by atoms with Crippen LogP contribution >= 0.6 is 0 Å². The van der Waals surface area contributed by atoms with E-state index in [1.165, 1.54) is 4.90 Å². The summed E-state index contributed by atoms with van der Waals surface area (Å²) < 4.78 is 4.85. The number of ether oxygens (including phenoxy) is 1. The number of urea groups is 2. The first-order valence-corrected chi connectivity index (χ1v) is 5.37. The number of nitrogens with zero attached hydrogens (tertiary/aromatic N) is 1. The fourth-order valence-electron chi connectivity index (χ4n) is 1.95. The summed E-state index contributed by atoms with van der Waals surface area (Å²) in [5, 5.41) is 7.64. The van der Waals surface area contributed by atoms with Gasteiger partial charge in [0.25, 0.3) is 0 Å². The van der Waals surface area contributed by atoms with Crippen molar-refractivity contribution in [2.45, 2.75) is 32.2 Å². The van der Waals surface area contributed by atoms with Gasteiger partial charge in [0.2, 0.25) is 0 Å². The van der Waals surface area contributed by atoms with E-state index in [1.807, 2.05) is 0 Å². The molecule has 0 aromatic carbocycles. The van der Waals surface area contributed by atoms with Gasteiger partial charge in [0.15, 0.2) is 0 Å². The summed E-state index contributed by atoms with van der Waals surface area (Å²) in [6.45, 7) is 3.50. The molecule has 0 aromatic heterocycles. The lowest BCUT2D eigenvalue weighted by molar-refractivity contribution is -0.148. The molecular formula is C9H14N4O4. The zero-order valence-corrected chi connectivity index (χ0v) is 9.52. The highest BCUT2D eigenvalue weighted by Crippen LogP contribution is 2.17. The van der Waals surface area contributed by atoms with Gasteiger partial charge in [-0.05, 0) is 13.8 Å². The Labute approximate surface area is 97.7 Å². The van der Waals surface area contributed by atoms with E-state index in [0.29, 0.717) is 0 Å². The van der Waals surface area contributed by atoms with Crippen molar-refractivity contribution >= 4 is 18.0 Å². The van der Waals surface area contributed by atoms with Crippen LogP contribution < -0.4 is 16.0 Å². The van der Waals surface area contributed by atoms with Crippen molar-refractivity contribution in [1.82, 2.24) is 20.9 Å². The Morgan fingerprint density at radius 3 is 2.76 bits per heavy atom. The molecule has 2 aliphatic heterocycles. The van der Waals surface area contributed by atoms with Crippen LogP contribution in [0.2, 0.25) is 0 Å². The average molecular weight is 242 g/mol. The predicted molar refractivity (Wildman–Crippen MR) is 55.7 cm³/mol. The van der Waals surface area contributed by atoms with Crippen molar-refractivity contribution in [3.05, 3.63) is 0 Å². The number of fused-ring (bicyclic) bond motifs is 1. The lowest BCUT2D eigenvalue weighted by Gasteiger charge is -2.26. The van der Waals surface area contributed by atoms with Crippen molar-refractivity contribution in [3.63, 3.8) is 0 Å². The van der Waals surface area contributed by atoms with Gasteiger partial charge in [-0.2, -0.15) is 0 Å². The topological polar surface area (TPSA) is 99.8 Å². The molecule has 0 aromatic rings. The minimum absolute atomic E-state index is 0.247. The molecule has 4 amide bonds. The number of esters is 1. The Bertz CT molecular complexity index is 372. The van der Waals surface area contributed by atoms with Crippen LogP contribution in [0.1, 0.15) is 13.8 Å². The predicted octanol–water partition coefficient (Wildman–Crippen LogP) is -1.07. The molecule has 2 rings (SSSR count). The van der Waals surface area contributed by atoms with Gasteiger partial charge in [0.05, 0.1) is 6.61 Å². The summed E-state index contributed by atoms with van der Waals surface area (Å²) in [5.41, 5.74) is 0. The molecule has 2 aliphatic rings. The molecule has 0 aliphatic carbocycles. The minimum atomic E-state index is -0.745. The van der Waals surface area contributed by atoms with E-state index in [4.69, 9.17) is 4.74 Å². The monoisotopic (exact) mass is 242 g/mol. The Morgan fingerprint density at radius 1 is 1.41 bits per heavy atom. The van der Waals surface area contributed by atoms with Gasteiger partial charge in [-0.15, -0.1) is 0 Å². The molecule has 0 saturated carbocycles. The Hall–Kier alpha value is -1.99. The van der Waals surface area contributed by atoms with Crippen LogP contribution in [0.5, 0.6) is 0 Å². The molecule has 0 unspecified atom stereocenters. The maximum absolute atomic E-state index is 11.7. The summed E-state index contributed by atoms with van der Waals surface area (Å²) in [7, 11) is 0. The van der Waals surface area contributed by atoms with Crippen LogP contribution in [0.15, 0.2) is 0 Å². The zero-order chi connectivity index (χ0) is 12.6. The highest BCUT2D eigenvalue weighted by molar-refractivity contribution is 5.88. The third-order valence-electron chi connectivity index (χ3n) is 2.74. The Kier molecular flexibility index (Phi) is 2.78. The first-order chi connectivity index (χ1) is 8.04. The summed E-state index contributed by atoms with van der Waals surface area (Å²) >= 11 is 0. The SMILES string of the molecule is CCOC(=O)[C@@H](C)N1C(=O)N[C@@H]2NC(=O)N[C@@H]21. The Balaban J connectivity index is 2.11. The molecule has 0 spiro atoms. The van der Waals surface area contributed by atoms with Crippen LogP contribution in [-0.4, -0.2) is 47.9 Å². The standard InChI is InChI=1S/C9H14N4O4/c1-3-17-7(14)4(2)13-6-5(11-9(13)16)10-8(15)12-6/h4-6H,3H2,1-2H3,(H,11,16)(H2,10,12,15)/t4-,5+,6-/m1/s1. The van der Waals surface area contributed by atoms with Crippen molar-refractivity contribution < 1.29 is 19.1 Å². The van der Waals surface area contributed by atoms with Gasteiger partial charge in [-0.25, -0.2) is 14.4 Å². The van der Waals surface area contributed by atoms with Gasteiger partial charge >= 0.3 is 18.0 Å². The van der Waals surface area contributed by atoms with Gasteiger partial charge < -0.3 is 20.7 Å². The molecule has 0 bridgehead atoms. The lowest BCUT2D eigenvalue weighted by atomic mass is 10.2. The number of nitrogens with one attached hydrogen (secondary N) is 3. The van der Waals surface area contributed by atoms with Crippen LogP contribution in [0, 0.1) is 0 Å². The summed E-state index contributed by atoms with van der Waals surface area (Å²) in [4.78, 5) is 35.6. The summed E-state index contributed by atoms with van der Waals surface area (Å²) in [6.07, 6.45) is -1.07. The average Bonchev–Trinajstić information content (AvgIpc) is 2.72. The lowest BCUT2D eigenvalue weighted by Crippen LogP contribution is -2.51. The van der Waals surface area contributed by atoms with Crippen molar-refractivity contribution in [1.29, 1.82) is 0 Å². The van der Waals surface area contributed by atoms with E-state index < -0.39 is 30.4 Å². The minimum Gasteiger partial charge on any atom is -0.464 e. The number of amides is 4. The zero-order valence-electron chi connectivity index (χ0n) is 9.52. The highest BCUT2D eigenvalue weighted by atomic mass is 16.5. The van der Waals surface area contributed by atoms with Gasteiger partial charge in [-0.3, -0.25) is 4.90 Å². The van der Waals surface area contributed by atoms with Crippen LogP contribution in [0.25, 0.3) is 0 Å². The quantitative estimate of drug-likeness (QED) is 0.548. The van der Waals surface area contributed by atoms with Crippen molar-refractivity contribution in [2.24, 2.45) is 0 Å². The van der Waals surface area contributed by atoms with E-state index >= 15 is 0 Å². The van der Waals surface area contributed by atoms with Gasteiger partial charge in [0, 0.05) is 0 Å². The second-order valence-corrected chi connectivity index (χ2v) is 3.83. The molecule has 8 heteroatoms. The third-order valence-corrected chi connectivity index (χ3v) is 2.74. The van der Waals surface area contributed by atoms with Crippen LogP contribution in [0.4, 0.5) is 9.59 Å². The van der Waals surface area contributed by atoms with Crippen LogP contribution in [-0.2, 0) is 9.53 Å². The smallest absolute Gasteiger partial charge is 0.328 e. The molecule has 3 N–H and O–H groups in total. The normalized spacial score (nSPS) is 28.0. The molecule has 2 saturated heterocycles. The number of hydrogen-bond donors (Lipinski definition) is 3. The third kappa shape index (κ3) is 1.85. The second-order valence-electron chi connectivity index (χ2n) is 3.83. The maximum atomic E-state index is 11.7. The largest absolute Gasteiger partial charge is 0.464 e. The highest BCUT2D eigenvalue weighted by Gasteiger charge is 2.48. The second kappa shape index (κ2) is 4.11. The number of carbonyl (C=O) groups is 3. The van der Waals surface area contributed by atoms with Gasteiger partial charge in [0.1, 0.15) is 18.4 Å². The van der Waals surface area contributed by atoms with E-state index in [2.05, 4.69) is 16.0 Å². The number of rotatable bonds is 3. The molecule has 94 valence electrons. The fraction of sp³-hybridized carbons (Fsp3) is 0.667. The van der Waals surface area contributed by atoms with E-state index in [9.17, 15) is 14.4 Å².